The van der Waals surface area contributed by atoms with E-state index in [-0.39, 0.29) is 23.1 Å². The number of rotatable bonds is 8. The third kappa shape index (κ3) is 5.05. The largest absolute Gasteiger partial charge is 0.493 e. The van der Waals surface area contributed by atoms with Crippen molar-refractivity contribution >= 4 is 23.5 Å². The number of ether oxygens (including phenoxy) is 2. The van der Waals surface area contributed by atoms with E-state index in [1.54, 1.807) is 22.9 Å². The Morgan fingerprint density at radius 1 is 1.13 bits per heavy atom. The van der Waals surface area contributed by atoms with Gasteiger partial charge in [-0.3, -0.25) is 4.79 Å². The first-order valence-electron chi connectivity index (χ1n) is 11.9. The molecule has 1 aromatic heterocycles. The van der Waals surface area contributed by atoms with Gasteiger partial charge in [0.2, 0.25) is 5.95 Å². The van der Waals surface area contributed by atoms with E-state index in [0.29, 0.717) is 35.3 Å². The summed E-state index contributed by atoms with van der Waals surface area (Å²) in [5.41, 5.74) is 3.12. The third-order valence-electron chi connectivity index (χ3n) is 6.27. The monoisotopic (exact) mass is 533 g/mol. The lowest BCUT2D eigenvalue weighted by Gasteiger charge is -2.29. The Bertz CT molecular complexity index is 1490. The van der Waals surface area contributed by atoms with E-state index in [9.17, 15) is 9.18 Å². The molecule has 5 rings (SSSR count). The summed E-state index contributed by atoms with van der Waals surface area (Å²) in [7, 11) is 1.51. The zero-order valence-corrected chi connectivity index (χ0v) is 21.5. The number of allylic oxidation sites excluding steroid dienone is 1. The van der Waals surface area contributed by atoms with Crippen LogP contribution in [-0.4, -0.2) is 27.8 Å². The molecule has 2 heterocycles. The molecule has 0 radical (unpaired) electrons. The van der Waals surface area contributed by atoms with Crippen molar-refractivity contribution in [3.63, 3.8) is 0 Å². The fourth-order valence-corrected chi connectivity index (χ4v) is 4.58. The molecule has 0 bridgehead atoms. The van der Waals surface area contributed by atoms with Gasteiger partial charge in [-0.05, 0) is 42.3 Å². The standard InChI is InChI=1S/C28H25ClFN5O3/c1-17-25(27(36)31-14-18-7-4-3-5-8-18)26(35-28(34-17)32-16-33-35)19-11-12-23(24(13-19)37-2)38-15-20-21(29)9-6-10-22(20)30/h3-13,16,26H,14-15H2,1-2H3,(H,31,36)(H,32,33,34). The maximum absolute atomic E-state index is 14.2. The summed E-state index contributed by atoms with van der Waals surface area (Å²) in [6, 6.07) is 18.9. The van der Waals surface area contributed by atoms with E-state index in [0.717, 1.165) is 11.1 Å². The first-order valence-corrected chi connectivity index (χ1v) is 12.3. The lowest BCUT2D eigenvalue weighted by Crippen LogP contribution is -2.34. The van der Waals surface area contributed by atoms with Crippen LogP contribution < -0.4 is 20.1 Å². The second-order valence-electron chi connectivity index (χ2n) is 8.66. The summed E-state index contributed by atoms with van der Waals surface area (Å²) in [6.07, 6.45) is 1.43. The molecule has 1 aliphatic heterocycles. The van der Waals surface area contributed by atoms with Gasteiger partial charge in [-0.2, -0.15) is 10.1 Å². The molecule has 38 heavy (non-hydrogen) atoms. The van der Waals surface area contributed by atoms with Crippen LogP contribution in [0.3, 0.4) is 0 Å². The molecule has 1 aliphatic rings. The van der Waals surface area contributed by atoms with Crippen LogP contribution in [0, 0.1) is 5.82 Å². The summed E-state index contributed by atoms with van der Waals surface area (Å²) in [6.45, 7) is 2.13. The highest BCUT2D eigenvalue weighted by Crippen LogP contribution is 2.39. The first-order chi connectivity index (χ1) is 18.5. The summed E-state index contributed by atoms with van der Waals surface area (Å²) < 4.78 is 27.3. The number of aromatic nitrogens is 3. The number of methoxy groups -OCH3 is 1. The summed E-state index contributed by atoms with van der Waals surface area (Å²) in [5.74, 6) is 0.642. The van der Waals surface area contributed by atoms with Gasteiger partial charge in [-0.15, -0.1) is 0 Å². The van der Waals surface area contributed by atoms with Crippen molar-refractivity contribution in [1.29, 1.82) is 0 Å². The third-order valence-corrected chi connectivity index (χ3v) is 6.63. The van der Waals surface area contributed by atoms with Crippen molar-refractivity contribution in [3.05, 3.63) is 112 Å². The van der Waals surface area contributed by atoms with Crippen LogP contribution in [0.25, 0.3) is 0 Å². The molecule has 0 saturated carbocycles. The predicted octanol–water partition coefficient (Wildman–Crippen LogP) is 5.26. The molecule has 0 saturated heterocycles. The van der Waals surface area contributed by atoms with E-state index in [1.807, 2.05) is 43.3 Å². The van der Waals surface area contributed by atoms with Crippen LogP contribution >= 0.6 is 11.6 Å². The number of hydrogen-bond acceptors (Lipinski definition) is 6. The SMILES string of the molecule is COc1cc(C2C(C(=O)NCc3ccccc3)=C(C)Nc3ncnn32)ccc1OCc1c(F)cccc1Cl. The topological polar surface area (TPSA) is 90.3 Å². The average Bonchev–Trinajstić information content (AvgIpc) is 3.39. The van der Waals surface area contributed by atoms with Crippen molar-refractivity contribution in [3.8, 4) is 11.5 Å². The normalized spacial score (nSPS) is 14.5. The van der Waals surface area contributed by atoms with Crippen LogP contribution in [0.15, 0.2) is 84.3 Å². The number of benzene rings is 3. The molecular formula is C28H25ClFN5O3. The highest BCUT2D eigenvalue weighted by Gasteiger charge is 2.34. The van der Waals surface area contributed by atoms with Gasteiger partial charge in [0.05, 0.1) is 17.7 Å². The molecule has 0 spiro atoms. The molecule has 8 nitrogen and oxygen atoms in total. The van der Waals surface area contributed by atoms with Crippen LogP contribution in [0.4, 0.5) is 10.3 Å². The molecular weight excluding hydrogens is 509 g/mol. The number of amides is 1. The van der Waals surface area contributed by atoms with Crippen molar-refractivity contribution < 1.29 is 18.7 Å². The quantitative estimate of drug-likeness (QED) is 0.321. The smallest absolute Gasteiger partial charge is 0.251 e. The Morgan fingerprint density at radius 2 is 1.95 bits per heavy atom. The van der Waals surface area contributed by atoms with Crippen LogP contribution in [0.5, 0.6) is 11.5 Å². The van der Waals surface area contributed by atoms with Gasteiger partial charge in [-0.25, -0.2) is 9.07 Å². The zero-order chi connectivity index (χ0) is 26.6. The number of carbonyl (C=O) groups excluding carboxylic acids is 1. The van der Waals surface area contributed by atoms with Crippen LogP contribution in [-0.2, 0) is 17.9 Å². The molecule has 194 valence electrons. The van der Waals surface area contributed by atoms with Crippen LogP contribution in [0.1, 0.15) is 29.7 Å². The van der Waals surface area contributed by atoms with Crippen molar-refractivity contribution in [1.82, 2.24) is 20.1 Å². The van der Waals surface area contributed by atoms with Gasteiger partial charge in [0.15, 0.2) is 11.5 Å². The molecule has 0 aliphatic carbocycles. The lowest BCUT2D eigenvalue weighted by molar-refractivity contribution is -0.118. The summed E-state index contributed by atoms with van der Waals surface area (Å²) >= 11 is 6.14. The Balaban J connectivity index is 1.44. The van der Waals surface area contributed by atoms with E-state index >= 15 is 0 Å². The van der Waals surface area contributed by atoms with Crippen LogP contribution in [0.2, 0.25) is 5.02 Å². The molecule has 3 aromatic carbocycles. The highest BCUT2D eigenvalue weighted by atomic mass is 35.5. The average molecular weight is 534 g/mol. The maximum atomic E-state index is 14.2. The molecule has 1 atom stereocenters. The number of halogens is 2. The molecule has 4 aromatic rings. The van der Waals surface area contributed by atoms with E-state index < -0.39 is 11.9 Å². The first kappa shape index (κ1) is 25.3. The van der Waals surface area contributed by atoms with Gasteiger partial charge in [0, 0.05) is 17.8 Å². The number of fused-ring (bicyclic) bond motifs is 1. The van der Waals surface area contributed by atoms with E-state index in [4.69, 9.17) is 21.1 Å². The van der Waals surface area contributed by atoms with Crippen molar-refractivity contribution in [2.45, 2.75) is 26.1 Å². The van der Waals surface area contributed by atoms with Gasteiger partial charge in [0.25, 0.3) is 5.91 Å². The number of hydrogen-bond donors (Lipinski definition) is 2. The maximum Gasteiger partial charge on any atom is 0.251 e. The Morgan fingerprint density at radius 3 is 2.71 bits per heavy atom. The van der Waals surface area contributed by atoms with Gasteiger partial charge in [0.1, 0.15) is 24.8 Å². The Labute approximate surface area is 224 Å². The molecule has 10 heteroatoms. The molecule has 0 fully saturated rings. The Hall–Kier alpha value is -4.37. The Kier molecular flexibility index (Phi) is 7.28. The number of anilines is 1. The number of nitrogens with one attached hydrogen (secondary N) is 2. The molecule has 1 amide bonds. The highest BCUT2D eigenvalue weighted by molar-refractivity contribution is 6.31. The molecule has 1 unspecified atom stereocenters. The minimum absolute atomic E-state index is 0.0755. The number of carbonyl (C=O) groups is 1. The number of nitrogens with zero attached hydrogens (tertiary/aromatic N) is 3. The summed E-state index contributed by atoms with van der Waals surface area (Å²) in [4.78, 5) is 17.7. The van der Waals surface area contributed by atoms with Gasteiger partial charge < -0.3 is 20.1 Å². The second-order valence-corrected chi connectivity index (χ2v) is 9.07. The fraction of sp³-hybridized carbons (Fsp3) is 0.179. The predicted molar refractivity (Wildman–Crippen MR) is 142 cm³/mol. The lowest BCUT2D eigenvalue weighted by atomic mass is 9.94. The van der Waals surface area contributed by atoms with Crippen molar-refractivity contribution in [2.24, 2.45) is 0 Å². The zero-order valence-electron chi connectivity index (χ0n) is 20.7. The van der Waals surface area contributed by atoms with Gasteiger partial charge in [-0.1, -0.05) is 54.1 Å². The van der Waals surface area contributed by atoms with E-state index in [2.05, 4.69) is 20.7 Å². The van der Waals surface area contributed by atoms with E-state index in [1.165, 1.54) is 25.6 Å². The molecule has 2 N–H and O–H groups in total. The fourth-order valence-electron chi connectivity index (χ4n) is 4.36. The minimum atomic E-state index is -0.575. The second kappa shape index (κ2) is 10.9. The van der Waals surface area contributed by atoms with Crippen molar-refractivity contribution in [2.75, 3.05) is 12.4 Å². The summed E-state index contributed by atoms with van der Waals surface area (Å²) in [5, 5.41) is 10.8. The minimum Gasteiger partial charge on any atom is -0.493 e. The van der Waals surface area contributed by atoms with Gasteiger partial charge >= 0.3 is 0 Å².